The number of fused-ring (bicyclic) bond motifs is 3. The first-order valence-corrected chi connectivity index (χ1v) is 11.3. The topological polar surface area (TPSA) is 51.2 Å². The van der Waals surface area contributed by atoms with Crippen LogP contribution < -0.4 is 9.47 Å². The Hall–Kier alpha value is -0.820. The standard InChI is InChI=1S/C23H36BrNO4/c1-22(2,3)13-28-21-18(27-7)10-15-14(20(21)24)8-9-25-12-19(29-23(4,5)6)17(26)11-16(15)25/h10,16-17,19,26H,8-9,11-13H2,1-7H3/t16-,17-,19-/m1/s1. The van der Waals surface area contributed by atoms with Gasteiger partial charge in [-0.05, 0) is 72.2 Å². The number of benzene rings is 1. The fourth-order valence-corrected chi connectivity index (χ4v) is 4.93. The zero-order valence-corrected chi connectivity index (χ0v) is 20.4. The third-order valence-corrected chi connectivity index (χ3v) is 6.29. The zero-order valence-electron chi connectivity index (χ0n) is 18.8. The van der Waals surface area contributed by atoms with Gasteiger partial charge in [0.25, 0.3) is 0 Å². The van der Waals surface area contributed by atoms with Crippen molar-refractivity contribution in [3.05, 3.63) is 21.7 Å². The Kier molecular flexibility index (Phi) is 6.60. The van der Waals surface area contributed by atoms with Gasteiger partial charge in [0.2, 0.25) is 0 Å². The van der Waals surface area contributed by atoms with Crippen molar-refractivity contribution in [3.63, 3.8) is 0 Å². The van der Waals surface area contributed by atoms with E-state index in [1.54, 1.807) is 7.11 Å². The highest BCUT2D eigenvalue weighted by Crippen LogP contribution is 2.47. The molecule has 1 aromatic carbocycles. The van der Waals surface area contributed by atoms with Gasteiger partial charge in [0, 0.05) is 19.1 Å². The molecular formula is C23H36BrNO4. The second-order valence-corrected chi connectivity index (χ2v) is 11.3. The Bertz CT molecular complexity index is 738. The maximum atomic E-state index is 10.8. The molecular weight excluding hydrogens is 434 g/mol. The zero-order chi connectivity index (χ0) is 21.6. The van der Waals surface area contributed by atoms with E-state index in [9.17, 15) is 5.11 Å². The molecule has 29 heavy (non-hydrogen) atoms. The number of halogens is 1. The Morgan fingerprint density at radius 1 is 1.21 bits per heavy atom. The molecule has 3 atom stereocenters. The number of methoxy groups -OCH3 is 1. The van der Waals surface area contributed by atoms with Crippen LogP contribution >= 0.6 is 15.9 Å². The number of rotatable bonds is 4. The molecule has 0 amide bonds. The second kappa shape index (κ2) is 8.37. The number of nitrogens with zero attached hydrogens (tertiary/aromatic N) is 1. The third-order valence-electron chi connectivity index (χ3n) is 5.45. The molecule has 0 radical (unpaired) electrons. The summed E-state index contributed by atoms with van der Waals surface area (Å²) in [6.07, 6.45) is 0.946. The normalized spacial score (nSPS) is 25.3. The summed E-state index contributed by atoms with van der Waals surface area (Å²) in [5.74, 6) is 1.52. The molecule has 2 aliphatic rings. The predicted octanol–water partition coefficient (Wildman–Crippen LogP) is 4.73. The summed E-state index contributed by atoms with van der Waals surface area (Å²) in [5.41, 5.74) is 2.28. The van der Waals surface area contributed by atoms with Crippen LogP contribution in [-0.4, -0.2) is 54.6 Å². The monoisotopic (exact) mass is 469 g/mol. The van der Waals surface area contributed by atoms with Crippen LogP contribution in [0.15, 0.2) is 10.5 Å². The van der Waals surface area contributed by atoms with Gasteiger partial charge in [0.1, 0.15) is 0 Å². The Morgan fingerprint density at radius 2 is 1.90 bits per heavy atom. The molecule has 3 rings (SSSR count). The van der Waals surface area contributed by atoms with Gasteiger partial charge >= 0.3 is 0 Å². The van der Waals surface area contributed by atoms with E-state index in [2.05, 4.69) is 47.7 Å². The number of piperidine rings is 1. The lowest BCUT2D eigenvalue weighted by Gasteiger charge is -2.47. The SMILES string of the molecule is COc1cc2c(c(Br)c1OCC(C)(C)C)CCN1C[C@@H](OC(C)(C)C)[C@H](O)C[C@H]21. The summed E-state index contributed by atoms with van der Waals surface area (Å²) in [5, 5.41) is 10.8. The number of aliphatic hydroxyl groups is 1. The van der Waals surface area contributed by atoms with Crippen molar-refractivity contribution in [1.82, 2.24) is 4.90 Å². The molecule has 5 nitrogen and oxygen atoms in total. The highest BCUT2D eigenvalue weighted by molar-refractivity contribution is 9.10. The average Bonchev–Trinajstić information content (AvgIpc) is 2.59. The van der Waals surface area contributed by atoms with Gasteiger partial charge < -0.3 is 19.3 Å². The smallest absolute Gasteiger partial charge is 0.175 e. The minimum atomic E-state index is -0.483. The van der Waals surface area contributed by atoms with Crippen molar-refractivity contribution in [2.24, 2.45) is 5.41 Å². The first-order valence-electron chi connectivity index (χ1n) is 10.5. The van der Waals surface area contributed by atoms with Crippen molar-refractivity contribution in [3.8, 4) is 11.5 Å². The van der Waals surface area contributed by atoms with Crippen molar-refractivity contribution in [2.75, 3.05) is 26.8 Å². The summed E-state index contributed by atoms with van der Waals surface area (Å²) < 4.78 is 19.0. The molecule has 1 aromatic rings. The molecule has 2 aliphatic heterocycles. The van der Waals surface area contributed by atoms with E-state index in [1.807, 2.05) is 20.8 Å². The first kappa shape index (κ1) is 22.9. The van der Waals surface area contributed by atoms with Gasteiger partial charge in [-0.1, -0.05) is 20.8 Å². The van der Waals surface area contributed by atoms with Gasteiger partial charge in [0.15, 0.2) is 11.5 Å². The number of ether oxygens (including phenoxy) is 3. The summed E-state index contributed by atoms with van der Waals surface area (Å²) >= 11 is 3.80. The van der Waals surface area contributed by atoms with E-state index >= 15 is 0 Å². The Morgan fingerprint density at radius 3 is 2.48 bits per heavy atom. The molecule has 2 heterocycles. The number of aliphatic hydroxyl groups excluding tert-OH is 1. The van der Waals surface area contributed by atoms with Crippen LogP contribution in [0.3, 0.4) is 0 Å². The molecule has 0 aromatic heterocycles. The Balaban J connectivity index is 1.89. The van der Waals surface area contributed by atoms with Gasteiger partial charge in [-0.15, -0.1) is 0 Å². The number of hydrogen-bond acceptors (Lipinski definition) is 5. The predicted molar refractivity (Wildman–Crippen MR) is 119 cm³/mol. The van der Waals surface area contributed by atoms with Gasteiger partial charge in [-0.2, -0.15) is 0 Å². The molecule has 0 saturated carbocycles. The second-order valence-electron chi connectivity index (χ2n) is 10.5. The molecule has 0 bridgehead atoms. The van der Waals surface area contributed by atoms with Crippen molar-refractivity contribution >= 4 is 15.9 Å². The fourth-order valence-electron chi connectivity index (χ4n) is 4.20. The molecule has 1 fully saturated rings. The molecule has 1 N–H and O–H groups in total. The fraction of sp³-hybridized carbons (Fsp3) is 0.739. The lowest BCUT2D eigenvalue weighted by atomic mass is 9.84. The molecule has 6 heteroatoms. The van der Waals surface area contributed by atoms with E-state index < -0.39 is 6.10 Å². The number of hydrogen-bond donors (Lipinski definition) is 1. The molecule has 0 aliphatic carbocycles. The van der Waals surface area contributed by atoms with Crippen LogP contribution in [0.25, 0.3) is 0 Å². The maximum Gasteiger partial charge on any atom is 0.175 e. The van der Waals surface area contributed by atoms with Crippen LogP contribution in [0.2, 0.25) is 0 Å². The van der Waals surface area contributed by atoms with Crippen molar-refractivity contribution in [2.45, 2.75) is 78.2 Å². The van der Waals surface area contributed by atoms with E-state index in [1.165, 1.54) is 11.1 Å². The lowest BCUT2D eigenvalue weighted by molar-refractivity contribution is -0.149. The van der Waals surface area contributed by atoms with Gasteiger partial charge in [-0.25, -0.2) is 0 Å². The van der Waals surface area contributed by atoms with E-state index in [-0.39, 0.29) is 23.2 Å². The van der Waals surface area contributed by atoms with Crippen LogP contribution in [0.5, 0.6) is 11.5 Å². The van der Waals surface area contributed by atoms with E-state index in [0.29, 0.717) is 13.0 Å². The quantitative estimate of drug-likeness (QED) is 0.690. The average molecular weight is 470 g/mol. The molecule has 0 unspecified atom stereocenters. The first-order chi connectivity index (χ1) is 13.4. The van der Waals surface area contributed by atoms with Crippen LogP contribution in [-0.2, 0) is 11.2 Å². The third kappa shape index (κ3) is 5.27. The summed E-state index contributed by atoms with van der Waals surface area (Å²) in [4.78, 5) is 2.44. The maximum absolute atomic E-state index is 10.8. The van der Waals surface area contributed by atoms with Crippen molar-refractivity contribution in [1.29, 1.82) is 0 Å². The minimum absolute atomic E-state index is 0.0622. The van der Waals surface area contributed by atoms with Gasteiger partial charge in [0.05, 0.1) is 36.0 Å². The molecule has 0 spiro atoms. The highest BCUT2D eigenvalue weighted by Gasteiger charge is 2.41. The van der Waals surface area contributed by atoms with Crippen LogP contribution in [0.4, 0.5) is 0 Å². The van der Waals surface area contributed by atoms with E-state index in [0.717, 1.165) is 35.5 Å². The van der Waals surface area contributed by atoms with E-state index in [4.69, 9.17) is 14.2 Å². The van der Waals surface area contributed by atoms with Gasteiger partial charge in [-0.3, -0.25) is 4.90 Å². The lowest BCUT2D eigenvalue weighted by Crippen LogP contribution is -2.53. The summed E-state index contributed by atoms with van der Waals surface area (Å²) in [6.45, 7) is 14.9. The summed E-state index contributed by atoms with van der Waals surface area (Å²) in [6, 6.07) is 2.27. The molecule has 1 saturated heterocycles. The highest BCUT2D eigenvalue weighted by atomic mass is 79.9. The molecule has 164 valence electrons. The van der Waals surface area contributed by atoms with Crippen LogP contribution in [0.1, 0.15) is 65.1 Å². The summed E-state index contributed by atoms with van der Waals surface area (Å²) in [7, 11) is 1.68. The van der Waals surface area contributed by atoms with Crippen molar-refractivity contribution < 1.29 is 19.3 Å². The Labute approximate surface area is 183 Å². The minimum Gasteiger partial charge on any atom is -0.493 e. The van der Waals surface area contributed by atoms with Crippen LogP contribution in [0, 0.1) is 5.41 Å². The largest absolute Gasteiger partial charge is 0.493 e.